The molecule has 182 valence electrons. The Hall–Kier alpha value is -2.39. The molecular weight excluding hydrogens is 462 g/mol. The first kappa shape index (κ1) is 26.9. The van der Waals surface area contributed by atoms with Crippen molar-refractivity contribution in [3.63, 3.8) is 0 Å². The normalized spacial score (nSPS) is 14.1. The number of rotatable bonds is 7. The summed E-state index contributed by atoms with van der Waals surface area (Å²) in [5.41, 5.74) is 10.5. The minimum absolute atomic E-state index is 0.0362. The van der Waals surface area contributed by atoms with Crippen LogP contribution in [-0.2, 0) is 14.6 Å². The van der Waals surface area contributed by atoms with Crippen molar-refractivity contribution in [2.75, 3.05) is 17.3 Å². The Morgan fingerprint density at radius 1 is 1.24 bits per heavy atom. The molecule has 1 amide bonds. The van der Waals surface area contributed by atoms with Gasteiger partial charge in [0.05, 0.1) is 5.75 Å². The number of aryl methyl sites for hydroxylation is 2. The number of H-pyrrole nitrogens is 1. The Bertz CT molecular complexity index is 1190. The number of amides is 1. The molecule has 10 heteroatoms. The maximum atomic E-state index is 12.7. The van der Waals surface area contributed by atoms with Gasteiger partial charge in [0.25, 0.3) is 0 Å². The van der Waals surface area contributed by atoms with Crippen LogP contribution in [0.4, 0.5) is 5.69 Å². The molecule has 0 saturated carbocycles. The monoisotopic (exact) mass is 495 g/mol. The second-order valence-corrected chi connectivity index (χ2v) is 12.3. The van der Waals surface area contributed by atoms with E-state index in [0.29, 0.717) is 28.1 Å². The largest absolute Gasteiger partial charge is 0.400 e. The molecule has 0 radical (unpaired) electrons. The summed E-state index contributed by atoms with van der Waals surface area (Å²) >= 11 is 6.45. The molecule has 1 aromatic heterocycles. The number of allylic oxidation sites excluding steroid dienone is 1. The Labute approximate surface area is 201 Å². The fourth-order valence-electron chi connectivity index (χ4n) is 3.43. The quantitative estimate of drug-likeness (QED) is 0.524. The molecule has 0 aliphatic rings. The number of nitrogens with zero attached hydrogens (tertiary/aromatic N) is 2. The molecule has 0 bridgehead atoms. The zero-order valence-corrected chi connectivity index (χ0v) is 22.1. The minimum Gasteiger partial charge on any atom is -0.400 e. The number of aromatic nitrogens is 3. The predicted molar refractivity (Wildman–Crippen MR) is 135 cm³/mol. The van der Waals surface area contributed by atoms with Crippen molar-refractivity contribution >= 4 is 38.1 Å². The highest BCUT2D eigenvalue weighted by Crippen LogP contribution is 2.35. The summed E-state index contributed by atoms with van der Waals surface area (Å²) < 4.78 is 22.9. The van der Waals surface area contributed by atoms with Gasteiger partial charge in [-0.25, -0.2) is 13.4 Å². The number of hydrogen-bond donors (Lipinski definition) is 3. The van der Waals surface area contributed by atoms with Crippen LogP contribution in [0.1, 0.15) is 56.6 Å². The van der Waals surface area contributed by atoms with Gasteiger partial charge in [-0.3, -0.25) is 9.89 Å². The van der Waals surface area contributed by atoms with Crippen LogP contribution in [0.2, 0.25) is 0 Å². The summed E-state index contributed by atoms with van der Waals surface area (Å²) in [6.45, 7) is 13.4. The number of sulfone groups is 1. The Balaban J connectivity index is 2.42. The average molecular weight is 496 g/mol. The number of aromatic amines is 1. The van der Waals surface area contributed by atoms with E-state index in [2.05, 4.69) is 20.5 Å². The maximum Gasteiger partial charge on any atom is 0.227 e. The molecule has 1 aromatic carbocycles. The van der Waals surface area contributed by atoms with E-state index in [-0.39, 0.29) is 23.5 Å². The zero-order chi connectivity index (χ0) is 25.3. The van der Waals surface area contributed by atoms with Crippen molar-refractivity contribution in [2.45, 2.75) is 54.9 Å². The zero-order valence-electron chi connectivity index (χ0n) is 20.6. The number of hydrogen-bond acceptors (Lipinski definition) is 6. The molecule has 0 aliphatic heterocycles. The lowest BCUT2D eigenvalue weighted by molar-refractivity contribution is -0.119. The molecule has 0 aliphatic carbocycles. The van der Waals surface area contributed by atoms with Crippen LogP contribution in [0.15, 0.2) is 11.8 Å². The van der Waals surface area contributed by atoms with Crippen LogP contribution in [0.25, 0.3) is 16.4 Å². The molecule has 8 nitrogen and oxygen atoms in total. The van der Waals surface area contributed by atoms with Gasteiger partial charge in [-0.05, 0) is 43.9 Å². The number of nitrogens with one attached hydrogen (secondary N) is 2. The van der Waals surface area contributed by atoms with E-state index in [1.54, 1.807) is 6.92 Å². The molecule has 0 saturated heterocycles. The molecule has 4 N–H and O–H groups in total. The van der Waals surface area contributed by atoms with E-state index < -0.39 is 15.8 Å². The lowest BCUT2D eigenvalue weighted by Gasteiger charge is -2.19. The Kier molecular flexibility index (Phi) is 8.02. The van der Waals surface area contributed by atoms with E-state index in [9.17, 15) is 13.2 Å². The summed E-state index contributed by atoms with van der Waals surface area (Å²) in [7, 11) is -3.13. The van der Waals surface area contributed by atoms with E-state index in [1.165, 1.54) is 6.26 Å². The number of halogens is 1. The third-order valence-corrected chi connectivity index (χ3v) is 6.90. The average Bonchev–Trinajstić information content (AvgIpc) is 3.16. The summed E-state index contributed by atoms with van der Waals surface area (Å²) in [5.74, 6) is 0.0937. The standard InChI is InChI=1S/C23H34ClN5O3S/c1-12(9-10-33(8,31)32)22(30)26-18-14(3)11-13(2)16(15(18)4)20-27-21(29-28-20)17(24)19(25)23(5,6)7/h11-12H,9-10,25H2,1-8H3,(H,26,30)(H,27,28,29)/b19-17+. The van der Waals surface area contributed by atoms with Gasteiger partial charge < -0.3 is 11.1 Å². The van der Waals surface area contributed by atoms with Gasteiger partial charge in [0.15, 0.2) is 11.6 Å². The third-order valence-electron chi connectivity index (χ3n) is 5.55. The van der Waals surface area contributed by atoms with Gasteiger partial charge in [0.2, 0.25) is 5.91 Å². The molecule has 2 rings (SSSR count). The number of carbonyl (C=O) groups excluding carboxylic acids is 1. The lowest BCUT2D eigenvalue weighted by Crippen LogP contribution is -2.23. The predicted octanol–water partition coefficient (Wildman–Crippen LogP) is 4.32. The van der Waals surface area contributed by atoms with Gasteiger partial charge in [-0.2, -0.15) is 5.10 Å². The van der Waals surface area contributed by atoms with Crippen LogP contribution >= 0.6 is 11.6 Å². The molecule has 1 atom stereocenters. The van der Waals surface area contributed by atoms with Gasteiger partial charge in [-0.15, -0.1) is 0 Å². The van der Waals surface area contributed by atoms with Crippen LogP contribution in [-0.4, -0.2) is 41.5 Å². The summed E-state index contributed by atoms with van der Waals surface area (Å²) in [5, 5.41) is 10.4. The smallest absolute Gasteiger partial charge is 0.227 e. The molecule has 1 heterocycles. The first-order valence-corrected chi connectivity index (χ1v) is 13.1. The Morgan fingerprint density at radius 3 is 2.39 bits per heavy atom. The number of nitrogens with two attached hydrogens (primary N) is 1. The van der Waals surface area contributed by atoms with Crippen molar-refractivity contribution < 1.29 is 13.2 Å². The van der Waals surface area contributed by atoms with Gasteiger partial charge in [0.1, 0.15) is 14.9 Å². The lowest BCUT2D eigenvalue weighted by atomic mass is 9.92. The van der Waals surface area contributed by atoms with E-state index in [0.717, 1.165) is 22.3 Å². The van der Waals surface area contributed by atoms with Crippen LogP contribution in [0.3, 0.4) is 0 Å². The third kappa shape index (κ3) is 6.57. The van der Waals surface area contributed by atoms with Gasteiger partial charge in [-0.1, -0.05) is 45.4 Å². The highest BCUT2D eigenvalue weighted by Gasteiger charge is 2.23. The molecule has 33 heavy (non-hydrogen) atoms. The minimum atomic E-state index is -3.13. The maximum absolute atomic E-state index is 12.7. The number of anilines is 1. The summed E-state index contributed by atoms with van der Waals surface area (Å²) in [4.78, 5) is 17.3. The fourth-order valence-corrected chi connectivity index (χ4v) is 4.58. The van der Waals surface area contributed by atoms with Crippen LogP contribution in [0, 0.1) is 32.1 Å². The Morgan fingerprint density at radius 2 is 1.85 bits per heavy atom. The number of benzene rings is 1. The SMILES string of the molecule is Cc1cc(C)c(-c2nc(/C(Cl)=C(\N)C(C)(C)C)n[nH]2)c(C)c1NC(=O)C(C)CCS(C)(=O)=O. The highest BCUT2D eigenvalue weighted by atomic mass is 35.5. The molecule has 0 spiro atoms. The van der Waals surface area contributed by atoms with Crippen molar-refractivity contribution in [2.24, 2.45) is 17.1 Å². The van der Waals surface area contributed by atoms with Crippen molar-refractivity contribution in [1.29, 1.82) is 0 Å². The second-order valence-electron chi connectivity index (χ2n) is 9.68. The van der Waals surface area contributed by atoms with Crippen LogP contribution in [0.5, 0.6) is 0 Å². The highest BCUT2D eigenvalue weighted by molar-refractivity contribution is 7.90. The molecule has 0 fully saturated rings. The van der Waals surface area contributed by atoms with Gasteiger partial charge in [0, 0.05) is 34.5 Å². The molecular formula is C23H34ClN5O3S. The number of carbonyl (C=O) groups is 1. The van der Waals surface area contributed by atoms with Crippen LogP contribution < -0.4 is 11.1 Å². The fraction of sp³-hybridized carbons (Fsp3) is 0.522. The second kappa shape index (κ2) is 9.85. The van der Waals surface area contributed by atoms with Gasteiger partial charge >= 0.3 is 0 Å². The van der Waals surface area contributed by atoms with Crippen molar-refractivity contribution in [1.82, 2.24) is 15.2 Å². The topological polar surface area (TPSA) is 131 Å². The molecule has 1 unspecified atom stereocenters. The van der Waals surface area contributed by atoms with E-state index >= 15 is 0 Å². The van der Waals surface area contributed by atoms with E-state index in [1.807, 2.05) is 47.6 Å². The summed E-state index contributed by atoms with van der Waals surface area (Å²) in [6.07, 6.45) is 1.42. The van der Waals surface area contributed by atoms with Crippen molar-refractivity contribution in [3.8, 4) is 11.4 Å². The first-order chi connectivity index (χ1) is 15.0. The summed E-state index contributed by atoms with van der Waals surface area (Å²) in [6, 6.07) is 1.96. The van der Waals surface area contributed by atoms with E-state index in [4.69, 9.17) is 17.3 Å². The van der Waals surface area contributed by atoms with Crippen molar-refractivity contribution in [3.05, 3.63) is 34.3 Å². The first-order valence-electron chi connectivity index (χ1n) is 10.7. The molecule has 2 aromatic rings.